The summed E-state index contributed by atoms with van der Waals surface area (Å²) in [4.78, 5) is 13.4. The van der Waals surface area contributed by atoms with Crippen molar-refractivity contribution in [3.8, 4) is 22.8 Å². The summed E-state index contributed by atoms with van der Waals surface area (Å²) in [5.41, 5.74) is 5.44. The molecule has 0 unspecified atom stereocenters. The van der Waals surface area contributed by atoms with Crippen LogP contribution in [0, 0.1) is 27.7 Å². The number of hydrogen-bond acceptors (Lipinski definition) is 4. The van der Waals surface area contributed by atoms with E-state index in [-0.39, 0.29) is 17.8 Å². The molecule has 0 N–H and O–H groups in total. The normalized spacial score (nSPS) is 11.0. The van der Waals surface area contributed by atoms with E-state index in [0.717, 1.165) is 28.0 Å². The second kappa shape index (κ2) is 8.68. The second-order valence-electron chi connectivity index (χ2n) is 7.92. The molecule has 3 aromatic carbocycles. The number of ether oxygens (including phenoxy) is 2. The van der Waals surface area contributed by atoms with Gasteiger partial charge in [0.15, 0.2) is 5.76 Å². The average Bonchev–Trinajstić information content (AvgIpc) is 2.73. The van der Waals surface area contributed by atoms with Crippen LogP contribution in [0.25, 0.3) is 22.3 Å². The van der Waals surface area contributed by atoms with Gasteiger partial charge in [-0.05, 0) is 57.0 Å². The van der Waals surface area contributed by atoms with Crippen molar-refractivity contribution >= 4 is 11.0 Å². The first-order valence-corrected chi connectivity index (χ1v) is 10.4. The Labute approximate surface area is 182 Å². The Morgan fingerprint density at radius 1 is 0.742 bits per heavy atom. The smallest absolute Gasteiger partial charge is 0.235 e. The maximum Gasteiger partial charge on any atom is 0.235 e. The zero-order valence-corrected chi connectivity index (χ0v) is 18.3. The summed E-state index contributed by atoms with van der Waals surface area (Å²) in [5.74, 6) is 1.43. The highest BCUT2D eigenvalue weighted by atomic mass is 16.5. The van der Waals surface area contributed by atoms with Gasteiger partial charge in [-0.15, -0.1) is 0 Å². The van der Waals surface area contributed by atoms with Crippen LogP contribution in [0.2, 0.25) is 0 Å². The van der Waals surface area contributed by atoms with Gasteiger partial charge in [-0.25, -0.2) is 0 Å². The van der Waals surface area contributed by atoms with Crippen LogP contribution in [0.3, 0.4) is 0 Å². The fourth-order valence-electron chi connectivity index (χ4n) is 3.64. The van der Waals surface area contributed by atoms with Crippen LogP contribution in [0.15, 0.2) is 69.9 Å². The van der Waals surface area contributed by atoms with Crippen molar-refractivity contribution in [2.24, 2.45) is 0 Å². The minimum atomic E-state index is -0.162. The molecule has 4 heteroatoms. The number of aryl methyl sites for hydroxylation is 4. The van der Waals surface area contributed by atoms with Gasteiger partial charge >= 0.3 is 0 Å². The number of hydrogen-bond donors (Lipinski definition) is 0. The minimum absolute atomic E-state index is 0.162. The zero-order valence-electron chi connectivity index (χ0n) is 18.3. The zero-order chi connectivity index (χ0) is 22.0. The Hall–Kier alpha value is -3.53. The molecule has 0 radical (unpaired) electrons. The predicted molar refractivity (Wildman–Crippen MR) is 124 cm³/mol. The van der Waals surface area contributed by atoms with E-state index in [0.29, 0.717) is 23.3 Å². The van der Waals surface area contributed by atoms with Crippen molar-refractivity contribution in [3.05, 3.63) is 93.1 Å². The van der Waals surface area contributed by atoms with Crippen LogP contribution in [0.5, 0.6) is 11.5 Å². The van der Waals surface area contributed by atoms with Gasteiger partial charge < -0.3 is 13.9 Å². The Morgan fingerprint density at radius 2 is 1.35 bits per heavy atom. The summed E-state index contributed by atoms with van der Waals surface area (Å²) < 4.78 is 17.9. The molecule has 0 saturated carbocycles. The Morgan fingerprint density at radius 3 is 2.03 bits per heavy atom. The van der Waals surface area contributed by atoms with Crippen LogP contribution in [-0.2, 0) is 0 Å². The van der Waals surface area contributed by atoms with Gasteiger partial charge in [0, 0.05) is 5.56 Å². The van der Waals surface area contributed by atoms with Crippen LogP contribution in [0.4, 0.5) is 0 Å². The van der Waals surface area contributed by atoms with E-state index in [9.17, 15) is 4.79 Å². The van der Waals surface area contributed by atoms with E-state index in [1.54, 1.807) is 0 Å². The standard InChI is InChI=1S/C27H26O4/c1-17-5-9-21(10-6-17)26-27(30-14-13-29-22-11-7-18(2)8-12-22)25(28)24-20(4)15-19(3)16-23(24)31-26/h5-12,15-16H,13-14H2,1-4H3. The van der Waals surface area contributed by atoms with E-state index in [4.69, 9.17) is 13.9 Å². The first-order valence-electron chi connectivity index (χ1n) is 10.4. The molecule has 1 aromatic heterocycles. The number of rotatable bonds is 6. The van der Waals surface area contributed by atoms with Crippen molar-refractivity contribution in [2.45, 2.75) is 27.7 Å². The number of fused-ring (bicyclic) bond motifs is 1. The molecule has 0 fully saturated rings. The van der Waals surface area contributed by atoms with E-state index in [1.165, 1.54) is 5.56 Å². The first kappa shape index (κ1) is 20.7. The molecular formula is C27H26O4. The molecule has 0 aliphatic rings. The first-order chi connectivity index (χ1) is 14.9. The summed E-state index contributed by atoms with van der Waals surface area (Å²) in [5, 5.41) is 0.552. The maximum atomic E-state index is 13.4. The predicted octanol–water partition coefficient (Wildman–Crippen LogP) is 6.15. The lowest BCUT2D eigenvalue weighted by Crippen LogP contribution is -2.16. The van der Waals surface area contributed by atoms with E-state index >= 15 is 0 Å². The van der Waals surface area contributed by atoms with E-state index < -0.39 is 0 Å². The molecular weight excluding hydrogens is 388 g/mol. The third-order valence-electron chi connectivity index (χ3n) is 5.23. The summed E-state index contributed by atoms with van der Waals surface area (Å²) in [6.07, 6.45) is 0. The third kappa shape index (κ3) is 4.48. The minimum Gasteiger partial charge on any atom is -0.490 e. The monoisotopic (exact) mass is 414 g/mol. The molecule has 0 atom stereocenters. The molecule has 4 rings (SSSR count). The Bertz CT molecular complexity index is 1270. The number of benzene rings is 3. The lowest BCUT2D eigenvalue weighted by Gasteiger charge is -2.14. The highest BCUT2D eigenvalue weighted by Crippen LogP contribution is 2.32. The SMILES string of the molecule is Cc1ccc(OCCOc2c(-c3ccc(C)cc3)oc3cc(C)cc(C)c3c2=O)cc1. The largest absolute Gasteiger partial charge is 0.490 e. The van der Waals surface area contributed by atoms with Gasteiger partial charge in [0.2, 0.25) is 11.2 Å². The van der Waals surface area contributed by atoms with Gasteiger partial charge in [-0.1, -0.05) is 53.6 Å². The van der Waals surface area contributed by atoms with E-state index in [2.05, 4.69) is 0 Å². The van der Waals surface area contributed by atoms with Crippen LogP contribution in [-0.4, -0.2) is 13.2 Å². The maximum absolute atomic E-state index is 13.4. The van der Waals surface area contributed by atoms with Gasteiger partial charge in [-0.3, -0.25) is 4.79 Å². The lowest BCUT2D eigenvalue weighted by molar-refractivity contribution is 0.214. The molecule has 0 saturated heterocycles. The Kier molecular flexibility index (Phi) is 5.81. The molecule has 0 spiro atoms. The molecule has 4 aromatic rings. The summed E-state index contributed by atoms with van der Waals surface area (Å²) in [6.45, 7) is 8.51. The van der Waals surface area contributed by atoms with Crippen LogP contribution in [0.1, 0.15) is 22.3 Å². The Balaban J connectivity index is 1.68. The fourth-order valence-corrected chi connectivity index (χ4v) is 3.64. The summed E-state index contributed by atoms with van der Waals surface area (Å²) >= 11 is 0. The van der Waals surface area contributed by atoms with Crippen molar-refractivity contribution in [3.63, 3.8) is 0 Å². The molecule has 4 nitrogen and oxygen atoms in total. The molecule has 0 bridgehead atoms. The van der Waals surface area contributed by atoms with Crippen molar-refractivity contribution in [2.75, 3.05) is 13.2 Å². The molecule has 158 valence electrons. The lowest BCUT2D eigenvalue weighted by atomic mass is 10.0. The third-order valence-corrected chi connectivity index (χ3v) is 5.23. The van der Waals surface area contributed by atoms with Crippen LogP contribution >= 0.6 is 0 Å². The van der Waals surface area contributed by atoms with Gasteiger partial charge in [0.25, 0.3) is 0 Å². The molecule has 31 heavy (non-hydrogen) atoms. The molecule has 0 aliphatic carbocycles. The topological polar surface area (TPSA) is 48.7 Å². The van der Waals surface area contributed by atoms with Gasteiger partial charge in [-0.2, -0.15) is 0 Å². The van der Waals surface area contributed by atoms with Gasteiger partial charge in [0.1, 0.15) is 24.5 Å². The molecule has 0 aliphatic heterocycles. The summed E-state index contributed by atoms with van der Waals surface area (Å²) in [7, 11) is 0. The highest BCUT2D eigenvalue weighted by Gasteiger charge is 2.19. The van der Waals surface area contributed by atoms with Crippen LogP contribution < -0.4 is 14.9 Å². The average molecular weight is 415 g/mol. The van der Waals surface area contributed by atoms with Crippen molar-refractivity contribution in [1.82, 2.24) is 0 Å². The summed E-state index contributed by atoms with van der Waals surface area (Å²) in [6, 6.07) is 19.6. The molecule has 1 heterocycles. The second-order valence-corrected chi connectivity index (χ2v) is 7.92. The quantitative estimate of drug-likeness (QED) is 0.355. The van der Waals surface area contributed by atoms with E-state index in [1.807, 2.05) is 88.4 Å². The molecule has 0 amide bonds. The van der Waals surface area contributed by atoms with Crippen molar-refractivity contribution in [1.29, 1.82) is 0 Å². The van der Waals surface area contributed by atoms with Gasteiger partial charge in [0.05, 0.1) is 5.39 Å². The highest BCUT2D eigenvalue weighted by molar-refractivity contribution is 5.85. The van der Waals surface area contributed by atoms with Crippen molar-refractivity contribution < 1.29 is 13.9 Å². The fraction of sp³-hybridized carbons (Fsp3) is 0.222.